The molecule has 0 saturated heterocycles. The third-order valence-corrected chi connectivity index (χ3v) is 2.39. The smallest absolute Gasteiger partial charge is 0.338 e. The lowest BCUT2D eigenvalue weighted by molar-refractivity contribution is -0.137. The number of benzene rings is 1. The van der Waals surface area contributed by atoms with Crippen LogP contribution in [-0.4, -0.2) is 25.2 Å². The van der Waals surface area contributed by atoms with Gasteiger partial charge in [0.2, 0.25) is 0 Å². The third kappa shape index (κ3) is 4.58. The highest BCUT2D eigenvalue weighted by Gasteiger charge is 2.11. The van der Waals surface area contributed by atoms with Crippen molar-refractivity contribution in [2.24, 2.45) is 0 Å². The van der Waals surface area contributed by atoms with E-state index in [1.165, 1.54) is 6.08 Å². The predicted octanol–water partition coefficient (Wildman–Crippen LogP) is 2.75. The van der Waals surface area contributed by atoms with Crippen molar-refractivity contribution in [1.82, 2.24) is 0 Å². The van der Waals surface area contributed by atoms with E-state index in [0.29, 0.717) is 24.3 Å². The van der Waals surface area contributed by atoms with Gasteiger partial charge in [-0.05, 0) is 38.5 Å². The molecule has 1 rings (SSSR count). The van der Waals surface area contributed by atoms with E-state index in [0.717, 1.165) is 5.56 Å². The van der Waals surface area contributed by atoms with Crippen molar-refractivity contribution in [3.05, 3.63) is 41.0 Å². The first kappa shape index (κ1) is 15.0. The topological polar surface area (TPSA) is 52.6 Å². The second-order valence-corrected chi connectivity index (χ2v) is 3.90. The quantitative estimate of drug-likeness (QED) is 0.605. The van der Waals surface area contributed by atoms with Gasteiger partial charge in [-0.15, -0.1) is 0 Å². The predicted molar refractivity (Wildman–Crippen MR) is 72.8 cm³/mol. The summed E-state index contributed by atoms with van der Waals surface area (Å²) < 4.78 is 9.78. The van der Waals surface area contributed by atoms with Crippen molar-refractivity contribution >= 4 is 18.0 Å². The molecular weight excluding hydrogens is 244 g/mol. The van der Waals surface area contributed by atoms with Crippen molar-refractivity contribution in [2.75, 3.05) is 13.2 Å². The van der Waals surface area contributed by atoms with E-state index in [9.17, 15) is 9.59 Å². The highest BCUT2D eigenvalue weighted by Crippen LogP contribution is 2.15. The number of rotatable bonds is 5. The maximum atomic E-state index is 11.8. The van der Waals surface area contributed by atoms with Crippen molar-refractivity contribution < 1.29 is 19.1 Å². The average Bonchev–Trinajstić information content (AvgIpc) is 2.38. The summed E-state index contributed by atoms with van der Waals surface area (Å²) in [5.41, 5.74) is 2.04. The Morgan fingerprint density at radius 1 is 1.16 bits per heavy atom. The minimum absolute atomic E-state index is 0.313. The molecule has 19 heavy (non-hydrogen) atoms. The molecule has 0 spiro atoms. The Kier molecular flexibility index (Phi) is 5.79. The molecule has 0 aromatic heterocycles. The number of aryl methyl sites for hydroxylation is 1. The monoisotopic (exact) mass is 262 g/mol. The molecule has 0 atom stereocenters. The summed E-state index contributed by atoms with van der Waals surface area (Å²) in [7, 11) is 0. The number of hydrogen-bond acceptors (Lipinski definition) is 4. The zero-order chi connectivity index (χ0) is 14.3. The molecule has 0 aliphatic heterocycles. The lowest BCUT2D eigenvalue weighted by Gasteiger charge is -2.06. The van der Waals surface area contributed by atoms with Crippen LogP contribution in [0.4, 0.5) is 0 Å². The van der Waals surface area contributed by atoms with E-state index in [1.807, 2.05) is 13.0 Å². The van der Waals surface area contributed by atoms with Crippen molar-refractivity contribution in [2.45, 2.75) is 20.8 Å². The Bertz CT molecular complexity index is 489. The highest BCUT2D eigenvalue weighted by atomic mass is 16.5. The molecule has 4 nitrogen and oxygen atoms in total. The molecule has 0 N–H and O–H groups in total. The van der Waals surface area contributed by atoms with Crippen LogP contribution in [0.25, 0.3) is 6.08 Å². The number of esters is 2. The van der Waals surface area contributed by atoms with E-state index in [4.69, 9.17) is 9.47 Å². The first-order valence-electron chi connectivity index (χ1n) is 6.21. The molecule has 4 heteroatoms. The van der Waals surface area contributed by atoms with Crippen LogP contribution in [0.5, 0.6) is 0 Å². The molecule has 0 bridgehead atoms. The second-order valence-electron chi connectivity index (χ2n) is 3.90. The second kappa shape index (κ2) is 7.36. The summed E-state index contributed by atoms with van der Waals surface area (Å²) in [4.78, 5) is 23.1. The van der Waals surface area contributed by atoms with Gasteiger partial charge in [-0.3, -0.25) is 0 Å². The van der Waals surface area contributed by atoms with Gasteiger partial charge >= 0.3 is 11.9 Å². The van der Waals surface area contributed by atoms with Gasteiger partial charge in [0.25, 0.3) is 0 Å². The zero-order valence-corrected chi connectivity index (χ0v) is 11.4. The van der Waals surface area contributed by atoms with Crippen LogP contribution in [0.1, 0.15) is 35.3 Å². The van der Waals surface area contributed by atoms with Crippen LogP contribution < -0.4 is 0 Å². The Morgan fingerprint density at radius 3 is 2.47 bits per heavy atom. The summed E-state index contributed by atoms with van der Waals surface area (Å²) in [6, 6.07) is 5.38. The Balaban J connectivity index is 3.00. The molecule has 1 aromatic carbocycles. The number of ether oxygens (including phenoxy) is 2. The van der Waals surface area contributed by atoms with Crippen LogP contribution in [0.3, 0.4) is 0 Å². The molecule has 0 amide bonds. The molecule has 1 aromatic rings. The molecular formula is C15H18O4. The fourth-order valence-electron chi connectivity index (χ4n) is 1.55. The maximum Gasteiger partial charge on any atom is 0.338 e. The largest absolute Gasteiger partial charge is 0.463 e. The average molecular weight is 262 g/mol. The molecule has 0 aliphatic rings. The van der Waals surface area contributed by atoms with Gasteiger partial charge in [0.05, 0.1) is 18.8 Å². The zero-order valence-electron chi connectivity index (χ0n) is 11.4. The molecule has 0 saturated carbocycles. The number of hydrogen-bond donors (Lipinski definition) is 0. The lowest BCUT2D eigenvalue weighted by Crippen LogP contribution is -2.07. The van der Waals surface area contributed by atoms with Crippen LogP contribution >= 0.6 is 0 Å². The van der Waals surface area contributed by atoms with Gasteiger partial charge in [0.1, 0.15) is 0 Å². The fourth-order valence-corrected chi connectivity index (χ4v) is 1.55. The van der Waals surface area contributed by atoms with Crippen LogP contribution in [0.2, 0.25) is 0 Å². The van der Waals surface area contributed by atoms with E-state index in [2.05, 4.69) is 0 Å². The molecule has 0 aliphatic carbocycles. The van der Waals surface area contributed by atoms with E-state index < -0.39 is 11.9 Å². The number of carbonyl (C=O) groups excluding carboxylic acids is 2. The van der Waals surface area contributed by atoms with Gasteiger partial charge in [0, 0.05) is 6.08 Å². The highest BCUT2D eigenvalue weighted by molar-refractivity contribution is 5.96. The molecule has 102 valence electrons. The standard InChI is InChI=1S/C15H18O4/c1-4-18-14(16)9-8-12-7-6-11(3)10-13(12)15(17)19-5-2/h6-10H,4-5H2,1-3H3/b9-8+. The lowest BCUT2D eigenvalue weighted by atomic mass is 10.0. The van der Waals surface area contributed by atoms with Gasteiger partial charge in [0.15, 0.2) is 0 Å². The molecule has 0 heterocycles. The Morgan fingerprint density at radius 2 is 1.84 bits per heavy atom. The molecule has 0 radical (unpaired) electrons. The van der Waals surface area contributed by atoms with Crippen molar-refractivity contribution in [3.63, 3.8) is 0 Å². The Labute approximate surface area is 113 Å². The van der Waals surface area contributed by atoms with Crippen molar-refractivity contribution in [1.29, 1.82) is 0 Å². The van der Waals surface area contributed by atoms with Gasteiger partial charge < -0.3 is 9.47 Å². The minimum atomic E-state index is -0.433. The van der Waals surface area contributed by atoms with Crippen LogP contribution in [-0.2, 0) is 14.3 Å². The number of carbonyl (C=O) groups is 2. The summed E-state index contributed by atoms with van der Waals surface area (Å²) in [5, 5.41) is 0. The van der Waals surface area contributed by atoms with Gasteiger partial charge in [-0.2, -0.15) is 0 Å². The molecule has 0 fully saturated rings. The van der Waals surface area contributed by atoms with Crippen molar-refractivity contribution in [3.8, 4) is 0 Å². The van der Waals surface area contributed by atoms with Crippen LogP contribution in [0, 0.1) is 6.92 Å². The van der Waals surface area contributed by atoms with E-state index in [-0.39, 0.29) is 0 Å². The van der Waals surface area contributed by atoms with E-state index in [1.54, 1.807) is 32.1 Å². The third-order valence-electron chi connectivity index (χ3n) is 2.39. The Hall–Kier alpha value is -2.10. The minimum Gasteiger partial charge on any atom is -0.463 e. The van der Waals surface area contributed by atoms with E-state index >= 15 is 0 Å². The fraction of sp³-hybridized carbons (Fsp3) is 0.333. The van der Waals surface area contributed by atoms with Crippen LogP contribution in [0.15, 0.2) is 24.3 Å². The SMILES string of the molecule is CCOC(=O)/C=C/c1ccc(C)cc1C(=O)OCC. The summed E-state index contributed by atoms with van der Waals surface area (Å²) >= 11 is 0. The summed E-state index contributed by atoms with van der Waals surface area (Å²) in [5.74, 6) is -0.826. The van der Waals surface area contributed by atoms with Gasteiger partial charge in [-0.25, -0.2) is 9.59 Å². The first-order chi connectivity index (χ1) is 9.08. The molecule has 0 unspecified atom stereocenters. The summed E-state index contributed by atoms with van der Waals surface area (Å²) in [6.45, 7) is 6.01. The first-order valence-corrected chi connectivity index (χ1v) is 6.21. The van der Waals surface area contributed by atoms with Gasteiger partial charge in [-0.1, -0.05) is 17.7 Å². The maximum absolute atomic E-state index is 11.8. The normalized spacial score (nSPS) is 10.5. The summed E-state index contributed by atoms with van der Waals surface area (Å²) in [6.07, 6.45) is 2.86.